The first kappa shape index (κ1) is 8.31. The average Bonchev–Trinajstić information content (AvgIpc) is 1.83. The number of hydrogen-bond acceptors (Lipinski definition) is 2. The molecule has 0 aromatic rings. The fraction of sp³-hybridized carbons (Fsp3) is 0.667. The molecule has 62 valence electrons. The predicted molar refractivity (Wildman–Crippen MR) is 43.1 cm³/mol. The first-order valence-corrected chi connectivity index (χ1v) is 3.98. The highest BCUT2D eigenvalue weighted by molar-refractivity contribution is 5.72. The van der Waals surface area contributed by atoms with E-state index < -0.39 is 0 Å². The van der Waals surface area contributed by atoms with Gasteiger partial charge in [0.05, 0.1) is 13.5 Å². The van der Waals surface area contributed by atoms with Crippen LogP contribution >= 0.6 is 0 Å². The van der Waals surface area contributed by atoms with Gasteiger partial charge in [0.2, 0.25) is 0 Å². The quantitative estimate of drug-likeness (QED) is 0.458. The Morgan fingerprint density at radius 3 is 2.64 bits per heavy atom. The van der Waals surface area contributed by atoms with Gasteiger partial charge in [-0.05, 0) is 18.8 Å². The zero-order valence-electron chi connectivity index (χ0n) is 6.93. The van der Waals surface area contributed by atoms with Gasteiger partial charge in [0.25, 0.3) is 0 Å². The van der Waals surface area contributed by atoms with Crippen LogP contribution in [0, 0.1) is 5.92 Å². The lowest BCUT2D eigenvalue weighted by atomic mass is 9.79. The van der Waals surface area contributed by atoms with Crippen molar-refractivity contribution in [3.8, 4) is 0 Å². The maximum atomic E-state index is 10.8. The summed E-state index contributed by atoms with van der Waals surface area (Å²) in [7, 11) is 1.41. The molecule has 2 heteroatoms. The van der Waals surface area contributed by atoms with Crippen molar-refractivity contribution in [3.63, 3.8) is 0 Å². The van der Waals surface area contributed by atoms with E-state index in [0.717, 1.165) is 5.57 Å². The van der Waals surface area contributed by atoms with E-state index in [4.69, 9.17) is 0 Å². The van der Waals surface area contributed by atoms with Crippen molar-refractivity contribution < 1.29 is 9.53 Å². The summed E-state index contributed by atoms with van der Waals surface area (Å²) in [5, 5.41) is 0. The number of esters is 1. The number of methoxy groups -OCH3 is 1. The maximum Gasteiger partial charge on any atom is 0.309 e. The molecule has 1 saturated carbocycles. The standard InChI is InChI=1S/C9H14O2/c1-7(6-9(10)11-2)8-4-3-5-8/h8H,1,3-6H2,2H3. The number of ether oxygens (including phenoxy) is 1. The van der Waals surface area contributed by atoms with Crippen LogP contribution in [-0.4, -0.2) is 13.1 Å². The van der Waals surface area contributed by atoms with Crippen LogP contribution in [0.5, 0.6) is 0 Å². The van der Waals surface area contributed by atoms with Gasteiger partial charge in [-0.3, -0.25) is 4.79 Å². The highest BCUT2D eigenvalue weighted by atomic mass is 16.5. The topological polar surface area (TPSA) is 26.3 Å². The van der Waals surface area contributed by atoms with Crippen molar-refractivity contribution in [2.75, 3.05) is 7.11 Å². The monoisotopic (exact) mass is 154 g/mol. The maximum absolute atomic E-state index is 10.8. The van der Waals surface area contributed by atoms with Crippen molar-refractivity contribution in [1.82, 2.24) is 0 Å². The Morgan fingerprint density at radius 1 is 1.64 bits per heavy atom. The molecule has 0 atom stereocenters. The molecular formula is C9H14O2. The predicted octanol–water partition coefficient (Wildman–Crippen LogP) is 1.91. The molecular weight excluding hydrogens is 140 g/mol. The summed E-state index contributed by atoms with van der Waals surface area (Å²) in [6.45, 7) is 3.86. The molecule has 0 saturated heterocycles. The van der Waals surface area contributed by atoms with Gasteiger partial charge in [-0.1, -0.05) is 18.6 Å². The largest absolute Gasteiger partial charge is 0.469 e. The van der Waals surface area contributed by atoms with Crippen molar-refractivity contribution in [2.24, 2.45) is 5.92 Å². The summed E-state index contributed by atoms with van der Waals surface area (Å²) in [5.41, 5.74) is 1.04. The molecule has 0 aromatic heterocycles. The fourth-order valence-corrected chi connectivity index (χ4v) is 1.22. The van der Waals surface area contributed by atoms with Crippen LogP contribution < -0.4 is 0 Å². The molecule has 0 amide bonds. The minimum Gasteiger partial charge on any atom is -0.469 e. The van der Waals surface area contributed by atoms with Crippen LogP contribution in [0.1, 0.15) is 25.7 Å². The second-order valence-corrected chi connectivity index (χ2v) is 3.04. The molecule has 1 aliphatic carbocycles. The number of rotatable bonds is 3. The highest BCUT2D eigenvalue weighted by Gasteiger charge is 2.21. The third kappa shape index (κ3) is 2.07. The third-order valence-corrected chi connectivity index (χ3v) is 2.28. The lowest BCUT2D eigenvalue weighted by Crippen LogP contribution is -2.15. The second-order valence-electron chi connectivity index (χ2n) is 3.04. The summed E-state index contributed by atoms with van der Waals surface area (Å²) in [5.74, 6) is 0.427. The molecule has 0 heterocycles. The minimum atomic E-state index is -0.165. The van der Waals surface area contributed by atoms with E-state index in [-0.39, 0.29) is 5.97 Å². The Hall–Kier alpha value is -0.790. The number of carbonyl (C=O) groups excluding carboxylic acids is 1. The first-order valence-electron chi connectivity index (χ1n) is 3.98. The van der Waals surface area contributed by atoms with Crippen molar-refractivity contribution in [1.29, 1.82) is 0 Å². The van der Waals surface area contributed by atoms with Crippen molar-refractivity contribution >= 4 is 5.97 Å². The molecule has 0 radical (unpaired) electrons. The fourth-order valence-electron chi connectivity index (χ4n) is 1.22. The molecule has 1 rings (SSSR count). The van der Waals surface area contributed by atoms with E-state index in [1.54, 1.807) is 0 Å². The summed E-state index contributed by atoms with van der Waals surface area (Å²) in [4.78, 5) is 10.8. The van der Waals surface area contributed by atoms with Gasteiger partial charge in [0.1, 0.15) is 0 Å². The smallest absolute Gasteiger partial charge is 0.309 e. The Labute approximate surface area is 67.2 Å². The van der Waals surface area contributed by atoms with Crippen LogP contribution in [0.15, 0.2) is 12.2 Å². The zero-order valence-corrected chi connectivity index (χ0v) is 6.93. The molecule has 1 aliphatic rings. The average molecular weight is 154 g/mol. The van der Waals surface area contributed by atoms with Crippen molar-refractivity contribution in [3.05, 3.63) is 12.2 Å². The van der Waals surface area contributed by atoms with Crippen LogP contribution in [0.4, 0.5) is 0 Å². The Balaban J connectivity index is 2.25. The first-order chi connectivity index (χ1) is 5.24. The Morgan fingerprint density at radius 2 is 2.27 bits per heavy atom. The van der Waals surface area contributed by atoms with Gasteiger partial charge in [-0.25, -0.2) is 0 Å². The molecule has 2 nitrogen and oxygen atoms in total. The van der Waals surface area contributed by atoms with E-state index in [9.17, 15) is 4.79 Å². The normalized spacial score (nSPS) is 17.2. The van der Waals surface area contributed by atoms with Gasteiger partial charge >= 0.3 is 5.97 Å². The van der Waals surface area contributed by atoms with Gasteiger partial charge < -0.3 is 4.74 Å². The highest BCUT2D eigenvalue weighted by Crippen LogP contribution is 2.33. The molecule has 11 heavy (non-hydrogen) atoms. The molecule has 0 spiro atoms. The van der Waals surface area contributed by atoms with E-state index in [1.807, 2.05) is 0 Å². The van der Waals surface area contributed by atoms with Crippen LogP contribution in [0.25, 0.3) is 0 Å². The van der Waals surface area contributed by atoms with Crippen molar-refractivity contribution in [2.45, 2.75) is 25.7 Å². The lowest BCUT2D eigenvalue weighted by molar-refractivity contribution is -0.139. The van der Waals surface area contributed by atoms with Gasteiger partial charge in [0, 0.05) is 0 Å². The molecule has 0 aromatic carbocycles. The molecule has 0 unspecified atom stereocenters. The number of hydrogen-bond donors (Lipinski definition) is 0. The van der Waals surface area contributed by atoms with Crippen LogP contribution in [0.2, 0.25) is 0 Å². The summed E-state index contributed by atoms with van der Waals surface area (Å²) in [6.07, 6.45) is 4.09. The van der Waals surface area contributed by atoms with E-state index in [0.29, 0.717) is 12.3 Å². The molecule has 1 fully saturated rings. The summed E-state index contributed by atoms with van der Waals surface area (Å²) in [6, 6.07) is 0. The number of carbonyl (C=O) groups is 1. The Bertz CT molecular complexity index is 168. The zero-order chi connectivity index (χ0) is 8.27. The summed E-state index contributed by atoms with van der Waals surface area (Å²) < 4.78 is 4.54. The van der Waals surface area contributed by atoms with Crippen LogP contribution in [-0.2, 0) is 9.53 Å². The molecule has 0 aliphatic heterocycles. The third-order valence-electron chi connectivity index (χ3n) is 2.28. The van der Waals surface area contributed by atoms with Gasteiger partial charge in [0.15, 0.2) is 0 Å². The molecule has 0 N–H and O–H groups in total. The van der Waals surface area contributed by atoms with Gasteiger partial charge in [-0.2, -0.15) is 0 Å². The SMILES string of the molecule is C=C(CC(=O)OC)C1CCC1. The summed E-state index contributed by atoms with van der Waals surface area (Å²) >= 11 is 0. The minimum absolute atomic E-state index is 0.165. The molecule has 0 bridgehead atoms. The lowest BCUT2D eigenvalue weighted by Gasteiger charge is -2.26. The van der Waals surface area contributed by atoms with Gasteiger partial charge in [-0.15, -0.1) is 0 Å². The van der Waals surface area contributed by atoms with E-state index in [2.05, 4.69) is 11.3 Å². The van der Waals surface area contributed by atoms with E-state index >= 15 is 0 Å². The Kier molecular flexibility index (Phi) is 2.69. The van der Waals surface area contributed by atoms with E-state index in [1.165, 1.54) is 26.4 Å². The second kappa shape index (κ2) is 3.56. The van der Waals surface area contributed by atoms with Crippen LogP contribution in [0.3, 0.4) is 0 Å².